The molecule has 0 radical (unpaired) electrons. The second-order valence-corrected chi connectivity index (χ2v) is 11.4. The monoisotopic (exact) mass is 529 g/mol. The van der Waals surface area contributed by atoms with E-state index in [1.165, 1.54) is 31.0 Å². The van der Waals surface area contributed by atoms with Crippen molar-refractivity contribution in [1.82, 2.24) is 14.4 Å². The van der Waals surface area contributed by atoms with Crippen molar-refractivity contribution in [1.29, 1.82) is 5.26 Å². The lowest BCUT2D eigenvalue weighted by Gasteiger charge is -2.36. The lowest BCUT2D eigenvalue weighted by Crippen LogP contribution is -2.47. The molecule has 1 aromatic heterocycles. The summed E-state index contributed by atoms with van der Waals surface area (Å²) in [6.07, 6.45) is 9.25. The zero-order chi connectivity index (χ0) is 26.2. The fraction of sp³-hybridized carbons (Fsp3) is 0.630. The van der Waals surface area contributed by atoms with Gasteiger partial charge in [0.2, 0.25) is 0 Å². The van der Waals surface area contributed by atoms with Gasteiger partial charge in [0.1, 0.15) is 21.8 Å². The molecule has 2 aliphatic rings. The summed E-state index contributed by atoms with van der Waals surface area (Å²) in [6, 6.07) is 2.14. The SMILES string of the molecule is CCCCCCCN1C(=O)/C(=C\c2c(C)c(C#N)c(=O)n(CCCC)c2N2CCN(C)CC2)SC1=S. The maximum atomic E-state index is 13.4. The Morgan fingerprint density at radius 3 is 2.31 bits per heavy atom. The van der Waals surface area contributed by atoms with E-state index in [9.17, 15) is 14.9 Å². The molecule has 36 heavy (non-hydrogen) atoms. The second-order valence-electron chi connectivity index (χ2n) is 9.70. The number of carbonyl (C=O) groups is 1. The van der Waals surface area contributed by atoms with Crippen molar-refractivity contribution < 1.29 is 4.79 Å². The predicted octanol–water partition coefficient (Wildman–Crippen LogP) is 4.75. The largest absolute Gasteiger partial charge is 0.355 e. The summed E-state index contributed by atoms with van der Waals surface area (Å²) in [6.45, 7) is 10.6. The number of likely N-dealkylation sites (N-methyl/N-ethyl adjacent to an activating group) is 1. The van der Waals surface area contributed by atoms with E-state index >= 15 is 0 Å². The van der Waals surface area contributed by atoms with Gasteiger partial charge >= 0.3 is 0 Å². The normalized spacial score (nSPS) is 17.9. The number of pyridine rings is 1. The molecule has 2 aliphatic heterocycles. The quantitative estimate of drug-likeness (QED) is 0.233. The van der Waals surface area contributed by atoms with E-state index in [0.29, 0.717) is 27.9 Å². The van der Waals surface area contributed by atoms with Crippen molar-refractivity contribution >= 4 is 46.1 Å². The van der Waals surface area contributed by atoms with Crippen molar-refractivity contribution in [3.8, 4) is 6.07 Å². The Morgan fingerprint density at radius 1 is 1.00 bits per heavy atom. The van der Waals surface area contributed by atoms with Crippen molar-refractivity contribution in [3.63, 3.8) is 0 Å². The molecule has 3 heterocycles. The molecule has 7 nitrogen and oxygen atoms in total. The molecule has 3 rings (SSSR count). The van der Waals surface area contributed by atoms with Crippen LogP contribution >= 0.6 is 24.0 Å². The van der Waals surface area contributed by atoms with E-state index in [4.69, 9.17) is 12.2 Å². The Labute approximate surface area is 225 Å². The van der Waals surface area contributed by atoms with E-state index in [1.807, 2.05) is 13.0 Å². The molecule has 0 bridgehead atoms. The fourth-order valence-electron chi connectivity index (χ4n) is 4.72. The number of amides is 1. The fourth-order valence-corrected chi connectivity index (χ4v) is 6.01. The van der Waals surface area contributed by atoms with Gasteiger partial charge in [-0.25, -0.2) is 0 Å². The molecule has 0 aliphatic carbocycles. The van der Waals surface area contributed by atoms with E-state index in [2.05, 4.69) is 36.8 Å². The first kappa shape index (κ1) is 28.4. The van der Waals surface area contributed by atoms with E-state index in [1.54, 1.807) is 9.47 Å². The molecule has 9 heteroatoms. The molecule has 0 N–H and O–H groups in total. The molecule has 1 aromatic rings. The van der Waals surface area contributed by atoms with Gasteiger partial charge in [-0.3, -0.25) is 19.1 Å². The maximum Gasteiger partial charge on any atom is 0.270 e. The highest BCUT2D eigenvalue weighted by molar-refractivity contribution is 8.26. The number of carbonyl (C=O) groups excluding carboxylic acids is 1. The number of rotatable bonds is 11. The molecule has 196 valence electrons. The first-order valence-corrected chi connectivity index (χ1v) is 14.4. The zero-order valence-corrected chi connectivity index (χ0v) is 23.8. The van der Waals surface area contributed by atoms with Gasteiger partial charge in [-0.1, -0.05) is 69.9 Å². The third kappa shape index (κ3) is 6.39. The Kier molecular flexibility index (Phi) is 10.6. The number of piperazine rings is 1. The van der Waals surface area contributed by atoms with Gasteiger partial charge in [0.05, 0.1) is 4.91 Å². The molecule has 0 spiro atoms. The van der Waals surface area contributed by atoms with E-state index < -0.39 is 0 Å². The summed E-state index contributed by atoms with van der Waals surface area (Å²) in [7, 11) is 2.10. The van der Waals surface area contributed by atoms with Crippen LogP contribution in [-0.2, 0) is 11.3 Å². The van der Waals surface area contributed by atoms with Crippen LogP contribution in [0.3, 0.4) is 0 Å². The van der Waals surface area contributed by atoms with Crippen molar-refractivity contribution in [3.05, 3.63) is 31.9 Å². The number of hydrogen-bond donors (Lipinski definition) is 0. The third-order valence-corrected chi connectivity index (χ3v) is 8.40. The standard InChI is InChI=1S/C27H39N5O2S2/c1-5-7-9-10-11-13-32-26(34)23(36-27(32)35)18-21-20(3)22(19-28)25(33)31(12-8-6-2)24(21)30-16-14-29(4)15-17-30/h18H,5-17H2,1-4H3/b23-18+. The van der Waals surface area contributed by atoms with E-state index in [-0.39, 0.29) is 17.0 Å². The first-order chi connectivity index (χ1) is 17.3. The highest BCUT2D eigenvalue weighted by Crippen LogP contribution is 2.36. The molecular formula is C27H39N5O2S2. The summed E-state index contributed by atoms with van der Waals surface area (Å²) >= 11 is 6.89. The van der Waals surface area contributed by atoms with Crippen LogP contribution in [-0.4, -0.2) is 64.4 Å². The van der Waals surface area contributed by atoms with Crippen molar-refractivity contribution in [2.75, 3.05) is 44.7 Å². The highest BCUT2D eigenvalue weighted by Gasteiger charge is 2.33. The number of unbranched alkanes of at least 4 members (excludes halogenated alkanes) is 5. The summed E-state index contributed by atoms with van der Waals surface area (Å²) in [5, 5.41) is 9.86. The minimum absolute atomic E-state index is 0.0750. The van der Waals surface area contributed by atoms with Gasteiger partial charge in [0, 0.05) is 44.8 Å². The summed E-state index contributed by atoms with van der Waals surface area (Å²) in [4.78, 5) is 33.5. The van der Waals surface area contributed by atoms with Crippen LogP contribution in [0.2, 0.25) is 0 Å². The highest BCUT2D eigenvalue weighted by atomic mass is 32.2. The summed E-state index contributed by atoms with van der Waals surface area (Å²) in [5.74, 6) is 0.747. The summed E-state index contributed by atoms with van der Waals surface area (Å²) < 4.78 is 2.35. The molecule has 0 aromatic carbocycles. The molecule has 2 saturated heterocycles. The molecule has 0 saturated carbocycles. The zero-order valence-electron chi connectivity index (χ0n) is 22.1. The number of hydrogen-bond acceptors (Lipinski definition) is 7. The van der Waals surface area contributed by atoms with Crippen LogP contribution in [0.15, 0.2) is 9.70 Å². The van der Waals surface area contributed by atoms with Crippen LogP contribution in [0.5, 0.6) is 0 Å². The van der Waals surface area contributed by atoms with Gasteiger partial charge in [0.15, 0.2) is 0 Å². The molecule has 2 fully saturated rings. The van der Waals surface area contributed by atoms with Crippen LogP contribution < -0.4 is 10.5 Å². The van der Waals surface area contributed by atoms with Crippen molar-refractivity contribution in [2.45, 2.75) is 72.3 Å². The van der Waals surface area contributed by atoms with Gasteiger partial charge in [-0.05, 0) is 38.5 Å². The average Bonchev–Trinajstić information content (AvgIpc) is 3.13. The Bertz CT molecular complexity index is 1100. The number of anilines is 1. The van der Waals surface area contributed by atoms with Gasteiger partial charge in [-0.15, -0.1) is 0 Å². The summed E-state index contributed by atoms with van der Waals surface area (Å²) in [5.41, 5.74) is 1.33. The minimum atomic E-state index is -0.242. The van der Waals surface area contributed by atoms with Crippen molar-refractivity contribution in [2.24, 2.45) is 0 Å². The van der Waals surface area contributed by atoms with Crippen LogP contribution in [0.25, 0.3) is 6.08 Å². The number of aromatic nitrogens is 1. The van der Waals surface area contributed by atoms with Gasteiger partial charge < -0.3 is 9.80 Å². The predicted molar refractivity (Wildman–Crippen MR) is 153 cm³/mol. The second kappa shape index (κ2) is 13.4. The van der Waals surface area contributed by atoms with Gasteiger partial charge in [-0.2, -0.15) is 5.26 Å². The Balaban J connectivity index is 2.03. The van der Waals surface area contributed by atoms with Crippen LogP contribution in [0.4, 0.5) is 5.82 Å². The molecule has 0 atom stereocenters. The third-order valence-electron chi connectivity index (χ3n) is 7.02. The minimum Gasteiger partial charge on any atom is -0.355 e. The lowest BCUT2D eigenvalue weighted by molar-refractivity contribution is -0.122. The number of thioether (sulfide) groups is 1. The maximum absolute atomic E-state index is 13.4. The Hall–Kier alpha value is -2.15. The van der Waals surface area contributed by atoms with Gasteiger partial charge in [0.25, 0.3) is 11.5 Å². The first-order valence-electron chi connectivity index (χ1n) is 13.2. The number of thiocarbonyl (C=S) groups is 1. The molecule has 0 unspecified atom stereocenters. The smallest absolute Gasteiger partial charge is 0.270 e. The average molecular weight is 530 g/mol. The molecule has 1 amide bonds. The Morgan fingerprint density at radius 2 is 1.67 bits per heavy atom. The van der Waals surface area contributed by atoms with Crippen LogP contribution in [0, 0.1) is 18.3 Å². The number of nitriles is 1. The van der Waals surface area contributed by atoms with Crippen LogP contribution in [0.1, 0.15) is 75.5 Å². The molecular weight excluding hydrogens is 490 g/mol. The van der Waals surface area contributed by atoms with E-state index in [0.717, 1.165) is 63.2 Å². The number of nitrogens with zero attached hydrogens (tertiary/aromatic N) is 5. The topological polar surface area (TPSA) is 72.6 Å². The lowest BCUT2D eigenvalue weighted by atomic mass is 10.0.